The van der Waals surface area contributed by atoms with Crippen molar-refractivity contribution in [2.45, 2.75) is 83.5 Å². The quantitative estimate of drug-likeness (QED) is 0.522. The van der Waals surface area contributed by atoms with Crippen molar-refractivity contribution in [2.24, 2.45) is 11.8 Å². The van der Waals surface area contributed by atoms with Crippen LogP contribution in [0.1, 0.15) is 104 Å². The van der Waals surface area contributed by atoms with Gasteiger partial charge in [-0.05, 0) is 79.2 Å². The maximum absolute atomic E-state index is 14.4. The number of rotatable bonds is 5. The Morgan fingerprint density at radius 2 is 1.73 bits per heavy atom. The van der Waals surface area contributed by atoms with E-state index in [0.717, 1.165) is 44.1 Å². The second kappa shape index (κ2) is 9.36. The molecule has 0 spiro atoms. The van der Waals surface area contributed by atoms with Crippen LogP contribution in [-0.2, 0) is 6.42 Å². The molecule has 0 saturated heterocycles. The summed E-state index contributed by atoms with van der Waals surface area (Å²) in [6.45, 7) is 4.65. The summed E-state index contributed by atoms with van der Waals surface area (Å²) in [6.07, 6.45) is 12.9. The van der Waals surface area contributed by atoms with Crippen molar-refractivity contribution in [3.63, 3.8) is 0 Å². The van der Waals surface area contributed by atoms with Gasteiger partial charge < -0.3 is 0 Å². The lowest BCUT2D eigenvalue weighted by Crippen LogP contribution is -2.20. The van der Waals surface area contributed by atoms with Crippen molar-refractivity contribution in [1.82, 2.24) is 9.97 Å². The van der Waals surface area contributed by atoms with Gasteiger partial charge in [0.15, 0.2) is 5.78 Å². The molecule has 2 heterocycles. The number of Topliss-reactive ketones (excluding diaryl/α,β-unsaturated/α-hetero) is 1. The monoisotopic (exact) mass is 408 g/mol. The molecule has 2 aromatic rings. The fraction of sp³-hybridized carbons (Fsp3) is 0.577. The van der Waals surface area contributed by atoms with E-state index in [1.54, 1.807) is 6.07 Å². The number of pyridine rings is 2. The maximum Gasteiger partial charge on any atom is 0.185 e. The van der Waals surface area contributed by atoms with Crippen LogP contribution in [0, 0.1) is 17.7 Å². The Kier molecular flexibility index (Phi) is 6.60. The number of ketones is 1. The van der Waals surface area contributed by atoms with Crippen LogP contribution in [0.25, 0.3) is 0 Å². The first-order valence-corrected chi connectivity index (χ1v) is 11.6. The molecule has 160 valence electrons. The van der Waals surface area contributed by atoms with E-state index in [1.807, 2.05) is 12.4 Å². The van der Waals surface area contributed by atoms with E-state index in [-0.39, 0.29) is 23.9 Å². The molecule has 4 rings (SSSR count). The van der Waals surface area contributed by atoms with E-state index in [9.17, 15) is 9.18 Å². The van der Waals surface area contributed by atoms with Gasteiger partial charge in [0.25, 0.3) is 0 Å². The van der Waals surface area contributed by atoms with Crippen LogP contribution in [0.2, 0.25) is 0 Å². The highest BCUT2D eigenvalue weighted by Gasteiger charge is 2.27. The van der Waals surface area contributed by atoms with Crippen molar-refractivity contribution in [2.75, 3.05) is 0 Å². The number of halogens is 1. The number of hydrogen-bond donors (Lipinski definition) is 0. The molecule has 0 bridgehead atoms. The summed E-state index contributed by atoms with van der Waals surface area (Å²) >= 11 is 0. The molecule has 2 aliphatic carbocycles. The SMILES string of the molecule is C[C@@H]1CC(c2ccncc2CC(=O)c2ccc(F)c(C3CCCCC3)n2)C[C@H](C)C1. The predicted molar refractivity (Wildman–Crippen MR) is 117 cm³/mol. The molecule has 0 N–H and O–H groups in total. The van der Waals surface area contributed by atoms with Crippen LogP contribution in [-0.4, -0.2) is 15.8 Å². The summed E-state index contributed by atoms with van der Waals surface area (Å²) < 4.78 is 14.4. The Labute approximate surface area is 179 Å². The van der Waals surface area contributed by atoms with Crippen LogP contribution in [0.4, 0.5) is 4.39 Å². The first-order chi connectivity index (χ1) is 14.5. The largest absolute Gasteiger partial charge is 0.292 e. The third-order valence-corrected chi connectivity index (χ3v) is 7.06. The van der Waals surface area contributed by atoms with Crippen molar-refractivity contribution < 1.29 is 9.18 Å². The molecular formula is C26H33FN2O. The molecule has 30 heavy (non-hydrogen) atoms. The standard InChI is InChI=1S/C26H33FN2O/c1-17-12-18(2)14-20(13-17)22-10-11-28-16-21(22)15-25(30)24-9-8-23(27)26(29-24)19-6-4-3-5-7-19/h8-11,16-20H,3-7,12-15H2,1-2H3/t17-,18+,20?. The predicted octanol–water partition coefficient (Wildman–Crippen LogP) is 6.63. The van der Waals surface area contributed by atoms with E-state index >= 15 is 0 Å². The topological polar surface area (TPSA) is 42.9 Å². The second-order valence-corrected chi connectivity index (χ2v) is 9.69. The minimum Gasteiger partial charge on any atom is -0.292 e. The Morgan fingerprint density at radius 1 is 1.00 bits per heavy atom. The van der Waals surface area contributed by atoms with E-state index in [1.165, 1.54) is 24.5 Å². The molecule has 1 unspecified atom stereocenters. The van der Waals surface area contributed by atoms with E-state index in [2.05, 4.69) is 29.9 Å². The molecule has 2 aliphatic rings. The smallest absolute Gasteiger partial charge is 0.185 e. The lowest BCUT2D eigenvalue weighted by molar-refractivity contribution is 0.0987. The van der Waals surface area contributed by atoms with Crippen LogP contribution in [0.5, 0.6) is 0 Å². The maximum atomic E-state index is 14.4. The Morgan fingerprint density at radius 3 is 2.47 bits per heavy atom. The number of carbonyl (C=O) groups excluding carboxylic acids is 1. The van der Waals surface area contributed by atoms with Crippen molar-refractivity contribution >= 4 is 5.78 Å². The molecule has 3 atom stereocenters. The van der Waals surface area contributed by atoms with Gasteiger partial charge in [-0.1, -0.05) is 33.1 Å². The summed E-state index contributed by atoms with van der Waals surface area (Å²) in [4.78, 5) is 21.9. The number of hydrogen-bond acceptors (Lipinski definition) is 3. The molecule has 2 aromatic heterocycles. The van der Waals surface area contributed by atoms with Gasteiger partial charge in [0.1, 0.15) is 11.5 Å². The molecular weight excluding hydrogens is 375 g/mol. The third kappa shape index (κ3) is 4.79. The normalized spacial score (nSPS) is 25.2. The zero-order valence-electron chi connectivity index (χ0n) is 18.2. The highest BCUT2D eigenvalue weighted by atomic mass is 19.1. The summed E-state index contributed by atoms with van der Waals surface area (Å²) in [7, 11) is 0. The van der Waals surface area contributed by atoms with Crippen molar-refractivity contribution in [1.29, 1.82) is 0 Å². The minimum atomic E-state index is -0.273. The molecule has 2 saturated carbocycles. The first-order valence-electron chi connectivity index (χ1n) is 11.6. The van der Waals surface area contributed by atoms with Crippen LogP contribution >= 0.6 is 0 Å². The van der Waals surface area contributed by atoms with Crippen LogP contribution in [0.15, 0.2) is 30.6 Å². The zero-order valence-corrected chi connectivity index (χ0v) is 18.2. The van der Waals surface area contributed by atoms with Crippen LogP contribution < -0.4 is 0 Å². The van der Waals surface area contributed by atoms with Gasteiger partial charge in [0.2, 0.25) is 0 Å². The fourth-order valence-electron chi connectivity index (χ4n) is 5.72. The number of carbonyl (C=O) groups is 1. The lowest BCUT2D eigenvalue weighted by Gasteiger charge is -2.32. The van der Waals surface area contributed by atoms with E-state index < -0.39 is 0 Å². The fourth-order valence-corrected chi connectivity index (χ4v) is 5.72. The average molecular weight is 409 g/mol. The van der Waals surface area contributed by atoms with Gasteiger partial charge >= 0.3 is 0 Å². The Balaban J connectivity index is 1.55. The van der Waals surface area contributed by atoms with Crippen LogP contribution in [0.3, 0.4) is 0 Å². The summed E-state index contributed by atoms with van der Waals surface area (Å²) in [5, 5.41) is 0. The van der Waals surface area contributed by atoms with Gasteiger partial charge in [-0.3, -0.25) is 9.78 Å². The highest BCUT2D eigenvalue weighted by molar-refractivity contribution is 5.96. The summed E-state index contributed by atoms with van der Waals surface area (Å²) in [5.74, 6) is 1.71. The molecule has 2 fully saturated rings. The third-order valence-electron chi connectivity index (χ3n) is 7.06. The van der Waals surface area contributed by atoms with Gasteiger partial charge in [-0.25, -0.2) is 9.37 Å². The van der Waals surface area contributed by atoms with Gasteiger partial charge in [-0.2, -0.15) is 0 Å². The first kappa shape index (κ1) is 21.1. The molecule has 0 aromatic carbocycles. The molecule has 0 amide bonds. The molecule has 0 aliphatic heterocycles. The lowest BCUT2D eigenvalue weighted by atomic mass is 9.73. The number of nitrogens with zero attached hydrogens (tertiary/aromatic N) is 2. The molecule has 4 heteroatoms. The Bertz CT molecular complexity index is 880. The summed E-state index contributed by atoms with van der Waals surface area (Å²) in [5.41, 5.74) is 3.13. The molecule has 0 radical (unpaired) electrons. The highest BCUT2D eigenvalue weighted by Crippen LogP contribution is 2.40. The average Bonchev–Trinajstić information content (AvgIpc) is 2.74. The zero-order chi connectivity index (χ0) is 21.1. The molecule has 3 nitrogen and oxygen atoms in total. The summed E-state index contributed by atoms with van der Waals surface area (Å²) in [6, 6.07) is 5.06. The Hall–Kier alpha value is -2.10. The van der Waals surface area contributed by atoms with Gasteiger partial charge in [-0.15, -0.1) is 0 Å². The minimum absolute atomic E-state index is 0.0433. The van der Waals surface area contributed by atoms with E-state index in [4.69, 9.17) is 0 Å². The van der Waals surface area contributed by atoms with Gasteiger partial charge in [0, 0.05) is 24.7 Å². The van der Waals surface area contributed by atoms with E-state index in [0.29, 0.717) is 29.1 Å². The second-order valence-electron chi connectivity index (χ2n) is 9.69. The van der Waals surface area contributed by atoms with Crippen molar-refractivity contribution in [3.8, 4) is 0 Å². The van der Waals surface area contributed by atoms with Crippen molar-refractivity contribution in [3.05, 3.63) is 58.9 Å². The van der Waals surface area contributed by atoms with Gasteiger partial charge in [0.05, 0.1) is 5.69 Å². The number of aromatic nitrogens is 2.